The van der Waals surface area contributed by atoms with E-state index in [4.69, 9.17) is 5.73 Å². The van der Waals surface area contributed by atoms with Crippen LogP contribution in [0.25, 0.3) is 0 Å². The van der Waals surface area contributed by atoms with E-state index in [-0.39, 0.29) is 11.8 Å². The number of fused-ring (bicyclic) bond motifs is 1. The van der Waals surface area contributed by atoms with Gasteiger partial charge in [-0.25, -0.2) is 9.18 Å². The van der Waals surface area contributed by atoms with E-state index in [0.717, 1.165) is 24.1 Å². The maximum absolute atomic E-state index is 12.9. The molecule has 3 rings (SSSR count). The molecule has 0 saturated carbocycles. The molecule has 1 aliphatic rings. The molecule has 0 unspecified atom stereocenters. The summed E-state index contributed by atoms with van der Waals surface area (Å²) in [5, 5.41) is 2.78. The lowest BCUT2D eigenvalue weighted by atomic mass is 10.0. The fourth-order valence-corrected chi connectivity index (χ4v) is 2.59. The molecule has 1 aliphatic heterocycles. The maximum Gasteiger partial charge on any atom is 0.326 e. The van der Waals surface area contributed by atoms with Gasteiger partial charge in [0, 0.05) is 17.9 Å². The number of amides is 2. The molecule has 4 nitrogen and oxygen atoms in total. The number of urea groups is 1. The summed E-state index contributed by atoms with van der Waals surface area (Å²) in [6, 6.07) is 11.1. The van der Waals surface area contributed by atoms with Crippen LogP contribution in [0.5, 0.6) is 0 Å². The monoisotopic (exact) mass is 285 g/mol. The van der Waals surface area contributed by atoms with Crippen LogP contribution in [-0.2, 0) is 6.42 Å². The highest BCUT2D eigenvalue weighted by Gasteiger charge is 2.23. The Labute approximate surface area is 122 Å². The summed E-state index contributed by atoms with van der Waals surface area (Å²) >= 11 is 0. The molecule has 0 bridgehead atoms. The Balaban J connectivity index is 1.83. The summed E-state index contributed by atoms with van der Waals surface area (Å²) < 4.78 is 12.9. The van der Waals surface area contributed by atoms with Crippen molar-refractivity contribution in [3.63, 3.8) is 0 Å². The van der Waals surface area contributed by atoms with Gasteiger partial charge in [0.1, 0.15) is 5.82 Å². The Kier molecular flexibility index (Phi) is 3.48. The second-order valence-corrected chi connectivity index (χ2v) is 5.04. The first-order valence-corrected chi connectivity index (χ1v) is 6.86. The van der Waals surface area contributed by atoms with E-state index < -0.39 is 0 Å². The minimum Gasteiger partial charge on any atom is -0.398 e. The van der Waals surface area contributed by atoms with Crippen LogP contribution in [0.2, 0.25) is 0 Å². The lowest BCUT2D eigenvalue weighted by Crippen LogP contribution is -2.38. The first kappa shape index (κ1) is 13.4. The number of carbonyl (C=O) groups excluding carboxylic acids is 1. The van der Waals surface area contributed by atoms with Crippen molar-refractivity contribution in [1.29, 1.82) is 0 Å². The second-order valence-electron chi connectivity index (χ2n) is 5.04. The number of hydrogen-bond acceptors (Lipinski definition) is 2. The van der Waals surface area contributed by atoms with Crippen LogP contribution in [-0.4, -0.2) is 12.6 Å². The van der Waals surface area contributed by atoms with Crippen molar-refractivity contribution in [2.45, 2.75) is 12.8 Å². The third kappa shape index (κ3) is 2.67. The van der Waals surface area contributed by atoms with Gasteiger partial charge in [-0.2, -0.15) is 0 Å². The normalized spacial score (nSPS) is 13.7. The van der Waals surface area contributed by atoms with Gasteiger partial charge < -0.3 is 11.1 Å². The van der Waals surface area contributed by atoms with Gasteiger partial charge in [0.05, 0.1) is 5.69 Å². The molecule has 2 aromatic rings. The summed E-state index contributed by atoms with van der Waals surface area (Å²) in [4.78, 5) is 14.1. The molecule has 0 radical (unpaired) electrons. The lowest BCUT2D eigenvalue weighted by molar-refractivity contribution is 0.256. The molecule has 21 heavy (non-hydrogen) atoms. The largest absolute Gasteiger partial charge is 0.398 e. The maximum atomic E-state index is 12.9. The van der Waals surface area contributed by atoms with Crippen molar-refractivity contribution < 1.29 is 9.18 Å². The molecule has 2 aromatic carbocycles. The van der Waals surface area contributed by atoms with Crippen molar-refractivity contribution >= 4 is 23.1 Å². The van der Waals surface area contributed by atoms with E-state index >= 15 is 0 Å². The molecule has 108 valence electrons. The zero-order valence-corrected chi connectivity index (χ0v) is 11.5. The second kappa shape index (κ2) is 5.44. The van der Waals surface area contributed by atoms with Crippen LogP contribution in [0.4, 0.5) is 26.2 Å². The zero-order chi connectivity index (χ0) is 14.8. The van der Waals surface area contributed by atoms with Crippen LogP contribution in [0.1, 0.15) is 12.0 Å². The Bertz CT molecular complexity index is 670. The number of nitrogens with zero attached hydrogens (tertiary/aromatic N) is 1. The number of rotatable bonds is 1. The van der Waals surface area contributed by atoms with Crippen LogP contribution >= 0.6 is 0 Å². The van der Waals surface area contributed by atoms with E-state index in [2.05, 4.69) is 5.32 Å². The van der Waals surface area contributed by atoms with Gasteiger partial charge in [0.15, 0.2) is 0 Å². The molecule has 0 atom stereocenters. The number of nitrogen functional groups attached to an aromatic ring is 1. The quantitative estimate of drug-likeness (QED) is 0.789. The molecular weight excluding hydrogens is 269 g/mol. The third-order valence-corrected chi connectivity index (χ3v) is 3.63. The van der Waals surface area contributed by atoms with E-state index in [0.29, 0.717) is 17.9 Å². The van der Waals surface area contributed by atoms with E-state index in [1.165, 1.54) is 24.3 Å². The molecule has 3 N–H and O–H groups in total. The number of nitrogens with one attached hydrogen (secondary N) is 1. The fourth-order valence-electron chi connectivity index (χ4n) is 2.59. The minimum absolute atomic E-state index is 0.229. The highest BCUT2D eigenvalue weighted by atomic mass is 19.1. The van der Waals surface area contributed by atoms with Crippen molar-refractivity contribution in [2.24, 2.45) is 0 Å². The standard InChI is InChI=1S/C16H16FN3O/c17-11-6-8-12(9-7-11)19-16(21)20-10-2-3-13-14(18)4-1-5-15(13)20/h1,4-9H,2-3,10,18H2,(H,19,21). The molecule has 2 amide bonds. The van der Waals surface area contributed by atoms with Gasteiger partial charge in [-0.05, 0) is 54.8 Å². The average molecular weight is 285 g/mol. The fraction of sp³-hybridized carbons (Fsp3) is 0.188. The summed E-state index contributed by atoms with van der Waals surface area (Å²) in [5.41, 5.74) is 9.11. The molecule has 0 aromatic heterocycles. The average Bonchev–Trinajstić information content (AvgIpc) is 2.49. The molecular formula is C16H16FN3O. The molecule has 0 aliphatic carbocycles. The number of hydrogen-bond donors (Lipinski definition) is 2. The highest BCUT2D eigenvalue weighted by Crippen LogP contribution is 2.31. The Morgan fingerprint density at radius 2 is 1.95 bits per heavy atom. The highest BCUT2D eigenvalue weighted by molar-refractivity contribution is 6.03. The smallest absolute Gasteiger partial charge is 0.326 e. The summed E-state index contributed by atoms with van der Waals surface area (Å²) in [5.74, 6) is -0.330. The predicted molar refractivity (Wildman–Crippen MR) is 81.9 cm³/mol. The van der Waals surface area contributed by atoms with Crippen molar-refractivity contribution in [3.05, 3.63) is 53.8 Å². The van der Waals surface area contributed by atoms with Crippen LogP contribution in [0.3, 0.4) is 0 Å². The number of halogens is 1. The number of benzene rings is 2. The van der Waals surface area contributed by atoms with Gasteiger partial charge in [0.25, 0.3) is 0 Å². The third-order valence-electron chi connectivity index (χ3n) is 3.63. The molecule has 0 fully saturated rings. The number of nitrogens with two attached hydrogens (primary N) is 1. The van der Waals surface area contributed by atoms with Gasteiger partial charge in [-0.1, -0.05) is 6.07 Å². The Morgan fingerprint density at radius 3 is 2.71 bits per heavy atom. The predicted octanol–water partition coefficient (Wildman–Crippen LogP) is 3.39. The first-order valence-electron chi connectivity index (χ1n) is 6.86. The summed E-state index contributed by atoms with van der Waals surface area (Å²) in [7, 11) is 0. The molecule has 1 heterocycles. The van der Waals surface area contributed by atoms with Gasteiger partial charge in [-0.3, -0.25) is 4.90 Å². The van der Waals surface area contributed by atoms with Crippen LogP contribution in [0.15, 0.2) is 42.5 Å². The first-order chi connectivity index (χ1) is 10.1. The molecule has 0 saturated heterocycles. The Morgan fingerprint density at radius 1 is 1.19 bits per heavy atom. The van der Waals surface area contributed by atoms with Crippen molar-refractivity contribution in [1.82, 2.24) is 0 Å². The molecule has 0 spiro atoms. The topological polar surface area (TPSA) is 58.4 Å². The Hall–Kier alpha value is -2.56. The SMILES string of the molecule is Nc1cccc2c1CCCN2C(=O)Nc1ccc(F)cc1. The number of carbonyl (C=O) groups is 1. The van der Waals surface area contributed by atoms with Crippen molar-refractivity contribution in [3.8, 4) is 0 Å². The van der Waals surface area contributed by atoms with E-state index in [1.54, 1.807) is 4.90 Å². The summed E-state index contributed by atoms with van der Waals surface area (Å²) in [6.45, 7) is 0.642. The lowest BCUT2D eigenvalue weighted by Gasteiger charge is -2.30. The van der Waals surface area contributed by atoms with Crippen molar-refractivity contribution in [2.75, 3.05) is 22.5 Å². The van der Waals surface area contributed by atoms with Crippen LogP contribution in [0, 0.1) is 5.82 Å². The minimum atomic E-state index is -0.330. The van der Waals surface area contributed by atoms with Gasteiger partial charge in [-0.15, -0.1) is 0 Å². The molecule has 5 heteroatoms. The van der Waals surface area contributed by atoms with E-state index in [9.17, 15) is 9.18 Å². The summed E-state index contributed by atoms with van der Waals surface area (Å²) in [6.07, 6.45) is 1.75. The van der Waals surface area contributed by atoms with Crippen LogP contribution < -0.4 is 16.0 Å². The number of anilines is 3. The van der Waals surface area contributed by atoms with Gasteiger partial charge in [0.2, 0.25) is 0 Å². The van der Waals surface area contributed by atoms with E-state index in [1.807, 2.05) is 18.2 Å². The van der Waals surface area contributed by atoms with Gasteiger partial charge >= 0.3 is 6.03 Å². The zero-order valence-electron chi connectivity index (χ0n) is 11.5.